The third-order valence-corrected chi connectivity index (χ3v) is 4.31. The van der Waals surface area contributed by atoms with Gasteiger partial charge in [0.05, 0.1) is 5.69 Å². The summed E-state index contributed by atoms with van der Waals surface area (Å²) in [6, 6.07) is 10.4. The average molecular weight is 354 g/mol. The average Bonchev–Trinajstić information content (AvgIpc) is 2.64. The number of pyridine rings is 1. The number of hydrogen-bond donors (Lipinski definition) is 2. The first kappa shape index (κ1) is 17.8. The van der Waals surface area contributed by atoms with Crippen LogP contribution in [0.2, 0.25) is 0 Å². The van der Waals surface area contributed by atoms with Crippen LogP contribution in [0.5, 0.6) is 5.75 Å². The summed E-state index contributed by atoms with van der Waals surface area (Å²) in [7, 11) is 1.91. The molecule has 26 heavy (non-hydrogen) atoms. The van der Waals surface area contributed by atoms with Crippen LogP contribution in [0.25, 0.3) is 0 Å². The first-order chi connectivity index (χ1) is 12.5. The Morgan fingerprint density at radius 1 is 1.19 bits per heavy atom. The molecule has 1 aromatic heterocycles. The molecule has 2 heterocycles. The minimum atomic E-state index is -0.351. The number of nitrogen functional groups attached to an aromatic ring is 2. The van der Waals surface area contributed by atoms with Crippen molar-refractivity contribution in [2.75, 3.05) is 25.1 Å². The molecule has 0 spiro atoms. The van der Waals surface area contributed by atoms with Gasteiger partial charge in [0.25, 0.3) is 0 Å². The van der Waals surface area contributed by atoms with Crippen LogP contribution in [0.15, 0.2) is 46.6 Å². The third kappa shape index (κ3) is 4.15. The van der Waals surface area contributed by atoms with Gasteiger partial charge in [-0.3, -0.25) is 4.90 Å². The number of azo groups is 1. The molecule has 2 aromatic rings. The molecule has 4 N–H and O–H groups in total. The Labute approximate surface area is 151 Å². The number of anilines is 2. The van der Waals surface area contributed by atoms with Gasteiger partial charge in [0.2, 0.25) is 0 Å². The number of rotatable bonds is 4. The SMILES string of the molecule is CN1CCCCC1C(=O)Oc1cc(/N=N/c2ccccc2)c(N)nc1N. The van der Waals surface area contributed by atoms with E-state index < -0.39 is 0 Å². The molecular weight excluding hydrogens is 332 g/mol. The van der Waals surface area contributed by atoms with Crippen LogP contribution >= 0.6 is 0 Å². The Kier molecular flexibility index (Phi) is 5.43. The van der Waals surface area contributed by atoms with Gasteiger partial charge in [-0.05, 0) is 38.6 Å². The zero-order chi connectivity index (χ0) is 18.5. The van der Waals surface area contributed by atoms with Crippen LogP contribution in [-0.2, 0) is 4.79 Å². The molecule has 8 heteroatoms. The summed E-state index contributed by atoms with van der Waals surface area (Å²) >= 11 is 0. The van der Waals surface area contributed by atoms with Crippen molar-refractivity contribution in [1.29, 1.82) is 0 Å². The van der Waals surface area contributed by atoms with Gasteiger partial charge in [-0.15, -0.1) is 5.11 Å². The van der Waals surface area contributed by atoms with Gasteiger partial charge in [-0.25, -0.2) is 9.78 Å². The molecule has 8 nitrogen and oxygen atoms in total. The molecule has 0 saturated carbocycles. The second-order valence-electron chi connectivity index (χ2n) is 6.22. The van der Waals surface area contributed by atoms with E-state index in [-0.39, 0.29) is 29.4 Å². The fourth-order valence-corrected chi connectivity index (χ4v) is 2.83. The van der Waals surface area contributed by atoms with Gasteiger partial charge in [-0.1, -0.05) is 24.6 Å². The van der Waals surface area contributed by atoms with Crippen LogP contribution < -0.4 is 16.2 Å². The van der Waals surface area contributed by atoms with E-state index in [4.69, 9.17) is 16.2 Å². The highest BCUT2D eigenvalue weighted by Crippen LogP contribution is 2.32. The Balaban J connectivity index is 1.79. The van der Waals surface area contributed by atoms with Gasteiger partial charge in [0, 0.05) is 6.07 Å². The maximum Gasteiger partial charge on any atom is 0.328 e. The normalized spacial score (nSPS) is 18.1. The summed E-state index contributed by atoms with van der Waals surface area (Å²) in [5.41, 5.74) is 12.7. The number of ether oxygens (including phenoxy) is 1. The number of piperidine rings is 1. The highest BCUT2D eigenvalue weighted by molar-refractivity contribution is 5.80. The number of nitrogens with two attached hydrogens (primary N) is 2. The molecule has 136 valence electrons. The molecule has 1 aliphatic heterocycles. The summed E-state index contributed by atoms with van der Waals surface area (Å²) in [4.78, 5) is 18.5. The van der Waals surface area contributed by atoms with Crippen LogP contribution in [0, 0.1) is 0 Å². The second-order valence-corrected chi connectivity index (χ2v) is 6.22. The Hall–Kier alpha value is -3.00. The van der Waals surface area contributed by atoms with Crippen LogP contribution in [-0.4, -0.2) is 35.5 Å². The minimum absolute atomic E-state index is 0.0490. The van der Waals surface area contributed by atoms with E-state index in [1.165, 1.54) is 6.07 Å². The van der Waals surface area contributed by atoms with E-state index >= 15 is 0 Å². The van der Waals surface area contributed by atoms with Crippen molar-refractivity contribution in [2.24, 2.45) is 10.2 Å². The van der Waals surface area contributed by atoms with E-state index in [9.17, 15) is 4.79 Å². The highest BCUT2D eigenvalue weighted by atomic mass is 16.5. The van der Waals surface area contributed by atoms with E-state index in [2.05, 4.69) is 15.2 Å². The molecule has 1 aliphatic rings. The van der Waals surface area contributed by atoms with Gasteiger partial charge < -0.3 is 16.2 Å². The van der Waals surface area contributed by atoms with E-state index in [0.717, 1.165) is 25.8 Å². The van der Waals surface area contributed by atoms with Crippen molar-refractivity contribution in [3.8, 4) is 5.75 Å². The lowest BCUT2D eigenvalue weighted by molar-refractivity contribution is -0.141. The molecule has 0 aliphatic carbocycles. The van der Waals surface area contributed by atoms with E-state index in [1.807, 2.05) is 42.3 Å². The summed E-state index contributed by atoms with van der Waals surface area (Å²) < 4.78 is 5.48. The number of hydrogen-bond acceptors (Lipinski definition) is 8. The van der Waals surface area contributed by atoms with Crippen LogP contribution in [0.3, 0.4) is 0 Å². The Morgan fingerprint density at radius 3 is 2.69 bits per heavy atom. The van der Waals surface area contributed by atoms with Crippen molar-refractivity contribution in [3.05, 3.63) is 36.4 Å². The summed E-state index contributed by atoms with van der Waals surface area (Å²) in [6.45, 7) is 0.867. The fourth-order valence-electron chi connectivity index (χ4n) is 2.83. The predicted octanol–water partition coefficient (Wildman–Crippen LogP) is 3.05. The van der Waals surface area contributed by atoms with Gasteiger partial charge >= 0.3 is 5.97 Å². The van der Waals surface area contributed by atoms with Crippen molar-refractivity contribution < 1.29 is 9.53 Å². The van der Waals surface area contributed by atoms with Gasteiger partial charge in [0.1, 0.15) is 11.7 Å². The molecule has 0 bridgehead atoms. The number of carbonyl (C=O) groups is 1. The number of likely N-dealkylation sites (N-methyl/N-ethyl adjacent to an activating group) is 1. The smallest absolute Gasteiger partial charge is 0.328 e. The number of carbonyl (C=O) groups excluding carboxylic acids is 1. The lowest BCUT2D eigenvalue weighted by atomic mass is 10.0. The standard InChI is InChI=1S/C18H22N6O2/c1-24-10-6-5-9-14(24)18(25)26-15-11-13(16(19)21-17(15)20)23-22-12-7-3-2-4-8-12/h2-4,7-8,11,14H,5-6,9-10H2,1H3,(H4,19,20,21)/b23-22+. The molecule has 1 saturated heterocycles. The number of nitrogens with zero attached hydrogens (tertiary/aromatic N) is 4. The van der Waals surface area contributed by atoms with Crippen molar-refractivity contribution in [2.45, 2.75) is 25.3 Å². The zero-order valence-electron chi connectivity index (χ0n) is 14.6. The first-order valence-electron chi connectivity index (χ1n) is 8.49. The maximum atomic E-state index is 12.5. The van der Waals surface area contributed by atoms with Crippen molar-refractivity contribution in [1.82, 2.24) is 9.88 Å². The van der Waals surface area contributed by atoms with Crippen molar-refractivity contribution >= 4 is 29.0 Å². The molecule has 1 fully saturated rings. The molecule has 1 aromatic carbocycles. The largest absolute Gasteiger partial charge is 0.421 e. The summed E-state index contributed by atoms with van der Waals surface area (Å²) in [6.07, 6.45) is 2.84. The molecular formula is C18H22N6O2. The van der Waals surface area contributed by atoms with E-state index in [1.54, 1.807) is 0 Å². The number of aromatic nitrogens is 1. The highest BCUT2D eigenvalue weighted by Gasteiger charge is 2.28. The zero-order valence-corrected chi connectivity index (χ0v) is 14.6. The van der Waals surface area contributed by atoms with Crippen molar-refractivity contribution in [3.63, 3.8) is 0 Å². The van der Waals surface area contributed by atoms with Gasteiger partial charge in [0.15, 0.2) is 17.4 Å². The minimum Gasteiger partial charge on any atom is -0.421 e. The predicted molar refractivity (Wildman–Crippen MR) is 99.6 cm³/mol. The third-order valence-electron chi connectivity index (χ3n) is 4.31. The topological polar surface area (TPSA) is 119 Å². The lowest BCUT2D eigenvalue weighted by Gasteiger charge is -2.30. The first-order valence-corrected chi connectivity index (χ1v) is 8.49. The monoisotopic (exact) mass is 354 g/mol. The molecule has 1 unspecified atom stereocenters. The second kappa shape index (κ2) is 7.92. The molecule has 3 rings (SSSR count). The quantitative estimate of drug-likeness (QED) is 0.643. The van der Waals surface area contributed by atoms with Crippen LogP contribution in [0.1, 0.15) is 19.3 Å². The maximum absolute atomic E-state index is 12.5. The molecule has 1 atom stereocenters. The summed E-state index contributed by atoms with van der Waals surface area (Å²) in [5, 5.41) is 8.20. The fraction of sp³-hybridized carbons (Fsp3) is 0.333. The molecule has 0 amide bonds. The number of benzene rings is 1. The Bertz CT molecular complexity index is 809. The van der Waals surface area contributed by atoms with Crippen LogP contribution in [0.4, 0.5) is 23.0 Å². The van der Waals surface area contributed by atoms with E-state index in [0.29, 0.717) is 11.4 Å². The molecule has 0 radical (unpaired) electrons. The number of esters is 1. The lowest BCUT2D eigenvalue weighted by Crippen LogP contribution is -2.44. The number of likely N-dealkylation sites (tertiary alicyclic amines) is 1. The summed E-state index contributed by atoms with van der Waals surface area (Å²) in [5.74, 6) is -0.0358. The van der Waals surface area contributed by atoms with Gasteiger partial charge in [-0.2, -0.15) is 5.11 Å². The Morgan fingerprint density at radius 2 is 1.96 bits per heavy atom.